The molecule has 0 atom stereocenters. The van der Waals surface area contributed by atoms with Crippen LogP contribution in [0.4, 0.5) is 4.79 Å². The molecule has 108 valence electrons. The topological polar surface area (TPSA) is 66.0 Å². The van der Waals surface area contributed by atoms with Crippen LogP contribution >= 0.6 is 0 Å². The molecule has 0 rings (SSSR count). The number of nitrogens with one attached hydrogen (secondary N) is 1. The summed E-state index contributed by atoms with van der Waals surface area (Å²) >= 11 is 0. The highest BCUT2D eigenvalue weighted by Crippen LogP contribution is 2.17. The Labute approximate surface area is 110 Å². The van der Waals surface area contributed by atoms with Gasteiger partial charge >= 0.3 is 14.9 Å². The van der Waals surface area contributed by atoms with Gasteiger partial charge in [0.1, 0.15) is 0 Å². The monoisotopic (exact) mass is 279 g/mol. The first-order valence-electron chi connectivity index (χ1n) is 6.37. The van der Waals surface area contributed by atoms with E-state index in [0.29, 0.717) is 32.4 Å². The van der Waals surface area contributed by atoms with Gasteiger partial charge in [-0.15, -0.1) is 0 Å². The highest BCUT2D eigenvalue weighted by molar-refractivity contribution is 6.60. The minimum atomic E-state index is -2.57. The molecule has 0 aromatic heterocycles. The number of hydrogen-bond donors (Lipinski definition) is 1. The van der Waals surface area contributed by atoms with Crippen LogP contribution in [0.3, 0.4) is 0 Å². The Morgan fingerprint density at radius 2 is 1.56 bits per heavy atom. The number of ether oxygens (including phenoxy) is 1. The van der Waals surface area contributed by atoms with E-state index in [0.717, 1.165) is 6.42 Å². The van der Waals surface area contributed by atoms with Gasteiger partial charge in [0.2, 0.25) is 0 Å². The Hall–Kier alpha value is -0.633. The second kappa shape index (κ2) is 10.3. The molecule has 0 aromatic carbocycles. The van der Waals surface area contributed by atoms with Crippen LogP contribution in [0.2, 0.25) is 6.04 Å². The lowest BCUT2D eigenvalue weighted by atomic mass is 10.5. The quantitative estimate of drug-likeness (QED) is 0.488. The largest absolute Gasteiger partial charge is 0.500 e. The normalized spacial score (nSPS) is 11.3. The number of alkyl carbamates (subject to hydrolysis) is 1. The van der Waals surface area contributed by atoms with E-state index in [-0.39, 0.29) is 0 Å². The Bertz CT molecular complexity index is 210. The first-order chi connectivity index (χ1) is 8.64. The second-order valence-corrected chi connectivity index (χ2v) is 6.24. The van der Waals surface area contributed by atoms with Crippen LogP contribution in [-0.4, -0.2) is 48.4 Å². The smallest absolute Gasteiger partial charge is 0.453 e. The molecule has 0 aliphatic heterocycles. The first kappa shape index (κ1) is 17.4. The van der Waals surface area contributed by atoms with Gasteiger partial charge in [-0.1, -0.05) is 0 Å². The van der Waals surface area contributed by atoms with Crippen LogP contribution in [0.1, 0.15) is 27.2 Å². The number of hydrogen-bond acceptors (Lipinski definition) is 5. The van der Waals surface area contributed by atoms with Crippen LogP contribution in [0.5, 0.6) is 0 Å². The summed E-state index contributed by atoms with van der Waals surface area (Å²) in [7, 11) is -1.23. The minimum Gasteiger partial charge on any atom is -0.453 e. The second-order valence-electron chi connectivity index (χ2n) is 3.50. The Morgan fingerprint density at radius 1 is 1.06 bits per heavy atom. The Morgan fingerprint density at radius 3 is 1.94 bits per heavy atom. The van der Waals surface area contributed by atoms with Crippen molar-refractivity contribution in [2.75, 3.05) is 33.5 Å². The zero-order valence-electron chi connectivity index (χ0n) is 11.8. The highest BCUT2D eigenvalue weighted by atomic mass is 28.4. The highest BCUT2D eigenvalue weighted by Gasteiger charge is 2.39. The van der Waals surface area contributed by atoms with E-state index in [9.17, 15) is 4.79 Å². The summed E-state index contributed by atoms with van der Waals surface area (Å²) in [6.07, 6.45) is 0.313. The zero-order valence-corrected chi connectivity index (χ0v) is 12.8. The molecule has 1 N–H and O–H groups in total. The summed E-state index contributed by atoms with van der Waals surface area (Å²) in [4.78, 5) is 10.9. The predicted octanol–water partition coefficient (Wildman–Crippen LogP) is 1.78. The van der Waals surface area contributed by atoms with Gasteiger partial charge in [-0.2, -0.15) is 0 Å². The fraction of sp³-hybridized carbons (Fsp3) is 0.909. The van der Waals surface area contributed by atoms with E-state index < -0.39 is 14.9 Å². The molecule has 0 aliphatic rings. The van der Waals surface area contributed by atoms with Crippen LogP contribution in [-0.2, 0) is 18.0 Å². The minimum absolute atomic E-state index is 0.425. The Balaban J connectivity index is 4.16. The van der Waals surface area contributed by atoms with E-state index in [1.807, 2.05) is 20.8 Å². The number of methoxy groups -OCH3 is 1. The fourth-order valence-corrected chi connectivity index (χ4v) is 4.18. The molecule has 0 unspecified atom stereocenters. The van der Waals surface area contributed by atoms with Crippen molar-refractivity contribution >= 4 is 14.9 Å². The third kappa shape index (κ3) is 6.95. The molecule has 0 spiro atoms. The van der Waals surface area contributed by atoms with Crippen molar-refractivity contribution in [3.8, 4) is 0 Å². The SMILES string of the molecule is CCO[Si](CCCNC(=O)OC)(OCC)OCC. The number of amides is 1. The molecule has 0 aromatic rings. The van der Waals surface area contributed by atoms with E-state index in [4.69, 9.17) is 13.3 Å². The number of carbonyl (C=O) groups excluding carboxylic acids is 1. The van der Waals surface area contributed by atoms with Gasteiger partial charge in [0.15, 0.2) is 0 Å². The molecule has 0 fully saturated rings. The average molecular weight is 279 g/mol. The molecular formula is C11H25NO5Si. The van der Waals surface area contributed by atoms with Crippen molar-refractivity contribution in [3.05, 3.63) is 0 Å². The average Bonchev–Trinajstić information content (AvgIpc) is 2.35. The number of rotatable bonds is 10. The molecule has 7 heteroatoms. The molecule has 18 heavy (non-hydrogen) atoms. The van der Waals surface area contributed by atoms with Crippen molar-refractivity contribution in [2.24, 2.45) is 0 Å². The zero-order chi connectivity index (χ0) is 13.9. The summed E-state index contributed by atoms with van der Waals surface area (Å²) in [5.74, 6) is 0. The van der Waals surface area contributed by atoms with Crippen LogP contribution in [0, 0.1) is 0 Å². The molecule has 1 amide bonds. The molecule has 0 heterocycles. The molecule has 0 aliphatic carbocycles. The molecule has 0 radical (unpaired) electrons. The maximum atomic E-state index is 10.9. The third-order valence-electron chi connectivity index (χ3n) is 2.21. The van der Waals surface area contributed by atoms with Crippen molar-refractivity contribution in [2.45, 2.75) is 33.2 Å². The number of carbonyl (C=O) groups is 1. The van der Waals surface area contributed by atoms with Crippen LogP contribution in [0.25, 0.3) is 0 Å². The summed E-state index contributed by atoms with van der Waals surface area (Å²) in [5.41, 5.74) is 0. The lowest BCUT2D eigenvalue weighted by Gasteiger charge is -2.28. The summed E-state index contributed by atoms with van der Waals surface area (Å²) in [6, 6.07) is 0.687. The summed E-state index contributed by atoms with van der Waals surface area (Å²) < 4.78 is 21.6. The molecule has 0 saturated carbocycles. The van der Waals surface area contributed by atoms with Gasteiger partial charge in [-0.25, -0.2) is 4.79 Å². The lowest BCUT2D eigenvalue weighted by Crippen LogP contribution is -2.46. The van der Waals surface area contributed by atoms with Gasteiger partial charge in [-0.05, 0) is 27.2 Å². The standard InChI is InChI=1S/C11H25NO5Si/c1-5-15-18(16-6-2,17-7-3)10-8-9-12-11(13)14-4/h5-10H2,1-4H3,(H,12,13). The van der Waals surface area contributed by atoms with Gasteiger partial charge in [0, 0.05) is 32.4 Å². The third-order valence-corrected chi connectivity index (χ3v) is 5.36. The maximum absolute atomic E-state index is 10.9. The van der Waals surface area contributed by atoms with Gasteiger partial charge in [-0.3, -0.25) is 0 Å². The molecule has 0 bridgehead atoms. The van der Waals surface area contributed by atoms with Crippen LogP contribution in [0.15, 0.2) is 0 Å². The van der Waals surface area contributed by atoms with E-state index >= 15 is 0 Å². The van der Waals surface area contributed by atoms with Crippen molar-refractivity contribution in [1.82, 2.24) is 5.32 Å². The molecular weight excluding hydrogens is 254 g/mol. The van der Waals surface area contributed by atoms with Crippen molar-refractivity contribution in [1.29, 1.82) is 0 Å². The maximum Gasteiger partial charge on any atom is 0.500 e. The van der Waals surface area contributed by atoms with Crippen molar-refractivity contribution in [3.63, 3.8) is 0 Å². The van der Waals surface area contributed by atoms with Gasteiger partial charge < -0.3 is 23.3 Å². The van der Waals surface area contributed by atoms with Crippen molar-refractivity contribution < 1.29 is 22.8 Å². The molecule has 0 saturated heterocycles. The van der Waals surface area contributed by atoms with Gasteiger partial charge in [0.05, 0.1) is 7.11 Å². The summed E-state index contributed by atoms with van der Waals surface area (Å²) in [6.45, 7) is 7.99. The van der Waals surface area contributed by atoms with Crippen LogP contribution < -0.4 is 5.32 Å². The molecule has 6 nitrogen and oxygen atoms in total. The fourth-order valence-electron chi connectivity index (χ4n) is 1.57. The van der Waals surface area contributed by atoms with E-state index in [1.165, 1.54) is 7.11 Å². The first-order valence-corrected chi connectivity index (χ1v) is 8.31. The van der Waals surface area contributed by atoms with E-state index in [1.54, 1.807) is 0 Å². The summed E-state index contributed by atoms with van der Waals surface area (Å²) in [5, 5.41) is 2.63. The lowest BCUT2D eigenvalue weighted by molar-refractivity contribution is 0.0707. The Kier molecular flexibility index (Phi) is 9.94. The van der Waals surface area contributed by atoms with E-state index in [2.05, 4.69) is 10.1 Å². The predicted molar refractivity (Wildman–Crippen MR) is 70.5 cm³/mol. The van der Waals surface area contributed by atoms with Gasteiger partial charge in [0.25, 0.3) is 0 Å².